The molecule has 0 aromatic heterocycles. The zero-order valence-electron chi connectivity index (χ0n) is 17.9. The minimum absolute atomic E-state index is 0.0982. The number of ether oxygens (including phenoxy) is 4. The largest absolute Gasteiger partial charge is 0.493 e. The van der Waals surface area contributed by atoms with Gasteiger partial charge in [-0.3, -0.25) is 0 Å². The number of benzene rings is 2. The first kappa shape index (κ1) is 22.6. The highest BCUT2D eigenvalue weighted by molar-refractivity contribution is 7.84. The van der Waals surface area contributed by atoms with Crippen LogP contribution < -0.4 is 28.3 Å². The predicted molar refractivity (Wildman–Crippen MR) is 116 cm³/mol. The Morgan fingerprint density at radius 3 is 2.23 bits per heavy atom. The summed E-state index contributed by atoms with van der Waals surface area (Å²) in [6.07, 6.45) is 3.80. The van der Waals surface area contributed by atoms with Gasteiger partial charge in [0.2, 0.25) is 5.75 Å². The Kier molecular flexibility index (Phi) is 6.81. The van der Waals surface area contributed by atoms with E-state index in [9.17, 15) is 8.42 Å². The van der Waals surface area contributed by atoms with E-state index >= 15 is 0 Å². The van der Waals surface area contributed by atoms with Crippen molar-refractivity contribution in [3.8, 4) is 28.7 Å². The lowest BCUT2D eigenvalue weighted by atomic mass is 10.0. The van der Waals surface area contributed by atoms with Gasteiger partial charge in [0.15, 0.2) is 23.0 Å². The lowest BCUT2D eigenvalue weighted by Crippen LogP contribution is -2.24. The molecule has 0 spiro atoms. The summed E-state index contributed by atoms with van der Waals surface area (Å²) in [6.45, 7) is 3.04. The van der Waals surface area contributed by atoms with Gasteiger partial charge in [0, 0.05) is 24.9 Å². The summed E-state index contributed by atoms with van der Waals surface area (Å²) >= 11 is 0. The van der Waals surface area contributed by atoms with E-state index in [1.165, 1.54) is 0 Å². The Labute approximate surface area is 182 Å². The average Bonchev–Trinajstić information content (AvgIpc) is 2.74. The van der Waals surface area contributed by atoms with E-state index in [2.05, 4.69) is 0 Å². The molecule has 0 fully saturated rings. The van der Waals surface area contributed by atoms with Gasteiger partial charge in [-0.2, -0.15) is 13.6 Å². The van der Waals surface area contributed by atoms with Crippen LogP contribution in [-0.4, -0.2) is 41.3 Å². The van der Waals surface area contributed by atoms with E-state index in [4.69, 9.17) is 28.3 Å². The quantitative estimate of drug-likeness (QED) is 0.621. The number of methoxy groups -OCH3 is 3. The molecule has 9 nitrogen and oxygen atoms in total. The molecule has 31 heavy (non-hydrogen) atoms. The van der Waals surface area contributed by atoms with E-state index < -0.39 is 10.3 Å². The topological polar surface area (TPSA) is 110 Å². The molecule has 2 aromatic carbocycles. The van der Waals surface area contributed by atoms with Crippen LogP contribution in [0.5, 0.6) is 28.7 Å². The summed E-state index contributed by atoms with van der Waals surface area (Å²) in [7, 11) is 0.445. The molecule has 0 saturated carbocycles. The fourth-order valence-corrected chi connectivity index (χ4v) is 3.84. The summed E-state index contributed by atoms with van der Waals surface area (Å²) < 4.78 is 50.2. The van der Waals surface area contributed by atoms with Crippen LogP contribution in [0.1, 0.15) is 23.6 Å². The fraction of sp³-hybridized carbons (Fsp3) is 0.333. The Balaban J connectivity index is 1.94. The first-order valence-corrected chi connectivity index (χ1v) is 11.0. The number of rotatable bonds is 9. The maximum absolute atomic E-state index is 11.6. The molecule has 0 bridgehead atoms. The standard InChI is InChI=1S/C21H26N2O7S/c1-5-29-17-7-6-15-8-9-23(13-16(15)20(17)30-31(22,24)25)12-14-10-18(26-2)21(28-4)19(11-14)27-3/h6-11H,5,12-13H2,1-4H3,(H2,22,24,25). The van der Waals surface area contributed by atoms with Gasteiger partial charge in [0.05, 0.1) is 27.9 Å². The molecule has 2 aromatic rings. The van der Waals surface area contributed by atoms with Crippen molar-refractivity contribution >= 4 is 16.4 Å². The monoisotopic (exact) mass is 450 g/mol. The number of fused-ring (bicyclic) bond motifs is 1. The number of hydrogen-bond acceptors (Lipinski definition) is 8. The lowest BCUT2D eigenvalue weighted by molar-refractivity contribution is 0.315. The summed E-state index contributed by atoms with van der Waals surface area (Å²) in [5.41, 5.74) is 2.40. The third-order valence-electron chi connectivity index (χ3n) is 4.70. The molecule has 0 amide bonds. The number of hydrogen-bond donors (Lipinski definition) is 1. The molecule has 1 heterocycles. The first-order valence-electron chi connectivity index (χ1n) is 9.51. The van der Waals surface area contributed by atoms with Crippen molar-refractivity contribution in [2.75, 3.05) is 27.9 Å². The molecule has 1 aliphatic heterocycles. The van der Waals surface area contributed by atoms with E-state index in [-0.39, 0.29) is 5.75 Å². The van der Waals surface area contributed by atoms with Gasteiger partial charge in [0.1, 0.15) is 0 Å². The van der Waals surface area contributed by atoms with Gasteiger partial charge < -0.3 is 28.0 Å². The van der Waals surface area contributed by atoms with Crippen LogP contribution in [0.3, 0.4) is 0 Å². The second-order valence-corrected chi connectivity index (χ2v) is 7.88. The molecule has 0 unspecified atom stereocenters. The van der Waals surface area contributed by atoms with Crippen molar-refractivity contribution in [3.63, 3.8) is 0 Å². The maximum Gasteiger partial charge on any atom is 0.380 e. The van der Waals surface area contributed by atoms with Gasteiger partial charge in [-0.1, -0.05) is 6.07 Å². The van der Waals surface area contributed by atoms with Crippen LogP contribution in [0.25, 0.3) is 6.08 Å². The second kappa shape index (κ2) is 9.36. The van der Waals surface area contributed by atoms with Crippen LogP contribution in [0.15, 0.2) is 30.5 Å². The van der Waals surface area contributed by atoms with Gasteiger partial charge in [-0.15, -0.1) is 0 Å². The van der Waals surface area contributed by atoms with E-state index in [1.54, 1.807) is 34.3 Å². The molecule has 168 valence electrons. The van der Waals surface area contributed by atoms with E-state index in [0.29, 0.717) is 48.3 Å². The Morgan fingerprint density at radius 2 is 1.68 bits per heavy atom. The number of nitrogens with two attached hydrogens (primary N) is 1. The molecule has 0 aliphatic carbocycles. The zero-order valence-corrected chi connectivity index (χ0v) is 18.7. The van der Waals surface area contributed by atoms with Crippen LogP contribution in [0, 0.1) is 0 Å². The van der Waals surface area contributed by atoms with Crippen molar-refractivity contribution < 1.29 is 31.5 Å². The highest BCUT2D eigenvalue weighted by Gasteiger charge is 2.23. The number of nitrogens with zero attached hydrogens (tertiary/aromatic N) is 1. The normalized spacial score (nSPS) is 12.9. The van der Waals surface area contributed by atoms with Crippen LogP contribution in [0.2, 0.25) is 0 Å². The molecular weight excluding hydrogens is 424 g/mol. The van der Waals surface area contributed by atoms with Crippen molar-refractivity contribution in [2.45, 2.75) is 20.0 Å². The second-order valence-electron chi connectivity index (χ2n) is 6.72. The maximum atomic E-state index is 11.6. The first-order chi connectivity index (χ1) is 14.8. The third kappa shape index (κ3) is 5.15. The molecule has 10 heteroatoms. The lowest BCUT2D eigenvalue weighted by Gasteiger charge is -2.28. The molecule has 2 N–H and O–H groups in total. The Morgan fingerprint density at radius 1 is 1.00 bits per heavy atom. The van der Waals surface area contributed by atoms with E-state index in [0.717, 1.165) is 11.1 Å². The highest BCUT2D eigenvalue weighted by Crippen LogP contribution is 2.40. The molecule has 0 saturated heterocycles. The fourth-order valence-electron chi connectivity index (χ4n) is 3.43. The Bertz CT molecular complexity index is 1060. The van der Waals surface area contributed by atoms with Crippen LogP contribution >= 0.6 is 0 Å². The van der Waals surface area contributed by atoms with Gasteiger partial charge in [-0.25, -0.2) is 0 Å². The van der Waals surface area contributed by atoms with Crippen molar-refractivity contribution in [1.82, 2.24) is 4.90 Å². The molecule has 1 aliphatic rings. The molecule has 0 radical (unpaired) electrons. The molecule has 0 atom stereocenters. The minimum Gasteiger partial charge on any atom is -0.493 e. The van der Waals surface area contributed by atoms with Gasteiger partial charge >= 0.3 is 10.3 Å². The predicted octanol–water partition coefficient (Wildman–Crippen LogP) is 2.68. The highest BCUT2D eigenvalue weighted by atomic mass is 32.2. The van der Waals surface area contributed by atoms with Crippen LogP contribution in [-0.2, 0) is 23.4 Å². The van der Waals surface area contributed by atoms with E-state index in [1.807, 2.05) is 35.4 Å². The van der Waals surface area contributed by atoms with Crippen molar-refractivity contribution in [1.29, 1.82) is 0 Å². The van der Waals surface area contributed by atoms with Gasteiger partial charge in [0.25, 0.3) is 0 Å². The Hall–Kier alpha value is -3.11. The summed E-state index contributed by atoms with van der Waals surface area (Å²) in [4.78, 5) is 1.99. The molecular formula is C21H26N2O7S. The smallest absolute Gasteiger partial charge is 0.380 e. The third-order valence-corrected chi connectivity index (χ3v) is 5.10. The van der Waals surface area contributed by atoms with Crippen molar-refractivity contribution in [2.24, 2.45) is 5.14 Å². The van der Waals surface area contributed by atoms with Crippen molar-refractivity contribution in [3.05, 3.63) is 47.2 Å². The summed E-state index contributed by atoms with van der Waals surface area (Å²) in [5, 5.41) is 5.14. The van der Waals surface area contributed by atoms with Gasteiger partial charge in [-0.05, 0) is 42.3 Å². The summed E-state index contributed by atoms with van der Waals surface area (Å²) in [5.74, 6) is 2.03. The minimum atomic E-state index is -4.22. The average molecular weight is 451 g/mol. The molecule has 3 rings (SSSR count). The zero-order chi connectivity index (χ0) is 22.6. The summed E-state index contributed by atoms with van der Waals surface area (Å²) in [6, 6.07) is 7.25. The van der Waals surface area contributed by atoms with Crippen LogP contribution in [0.4, 0.5) is 0 Å². The SMILES string of the molecule is CCOc1ccc2c(c1OS(N)(=O)=O)CN(Cc1cc(OC)c(OC)c(OC)c1)C=C2.